The van der Waals surface area contributed by atoms with Crippen molar-refractivity contribution in [3.05, 3.63) is 77.4 Å². The maximum Gasteiger partial charge on any atom is 0.306 e. The zero-order valence-corrected chi connectivity index (χ0v) is 28.2. The highest BCUT2D eigenvalue weighted by atomic mass is 32.2. The molecular formula is C34H45NO9S. The summed E-state index contributed by atoms with van der Waals surface area (Å²) in [4.78, 5) is 15.1. The number of esters is 1. The molecule has 11 heteroatoms. The van der Waals surface area contributed by atoms with E-state index in [1.165, 1.54) is 17.7 Å². The van der Waals surface area contributed by atoms with Crippen molar-refractivity contribution in [2.24, 2.45) is 0 Å². The van der Waals surface area contributed by atoms with Crippen molar-refractivity contribution in [3.8, 4) is 23.0 Å². The Morgan fingerprint density at radius 1 is 0.867 bits per heavy atom. The van der Waals surface area contributed by atoms with E-state index in [1.54, 1.807) is 46.6 Å². The first kappa shape index (κ1) is 35.7. The van der Waals surface area contributed by atoms with Gasteiger partial charge in [0, 0.05) is 13.0 Å². The van der Waals surface area contributed by atoms with Gasteiger partial charge in [-0.15, -0.1) is 0 Å². The molecule has 1 heterocycles. The van der Waals surface area contributed by atoms with Crippen LogP contribution in [0.3, 0.4) is 0 Å². The standard InChI is InChI=1S/C28H39NO6.C6H6O3S/c1-27(2,3)35-26(30)11-13-28(18-19-9-10-22(31-5)23(15-19)32-6)21-17-25(34-8)24(33-7)16-20(21)12-14-29(28)4;7-10(8,9)6-4-2-1-3-5-6/h9-10,15-17H,11-14,18H2,1-8H3;1-5H,(H,7,8,9). The molecule has 0 saturated carbocycles. The number of nitrogens with zero attached hydrogens (tertiary/aromatic N) is 1. The van der Waals surface area contributed by atoms with Gasteiger partial charge < -0.3 is 23.7 Å². The van der Waals surface area contributed by atoms with E-state index >= 15 is 0 Å². The van der Waals surface area contributed by atoms with Crippen molar-refractivity contribution in [2.75, 3.05) is 42.0 Å². The predicted octanol–water partition coefficient (Wildman–Crippen LogP) is 5.70. The van der Waals surface area contributed by atoms with E-state index in [4.69, 9.17) is 28.2 Å². The molecule has 3 aromatic carbocycles. The molecule has 246 valence electrons. The van der Waals surface area contributed by atoms with Crippen LogP contribution in [-0.4, -0.2) is 71.5 Å². The molecule has 0 fully saturated rings. The monoisotopic (exact) mass is 643 g/mol. The van der Waals surface area contributed by atoms with Crippen LogP contribution in [0.25, 0.3) is 0 Å². The summed E-state index contributed by atoms with van der Waals surface area (Å²) in [5, 5.41) is 0. The minimum Gasteiger partial charge on any atom is -0.493 e. The molecule has 1 aliphatic heterocycles. The second kappa shape index (κ2) is 15.0. The molecule has 1 atom stereocenters. The Morgan fingerprint density at radius 3 is 1.98 bits per heavy atom. The van der Waals surface area contributed by atoms with Gasteiger partial charge in [-0.25, -0.2) is 0 Å². The molecule has 0 spiro atoms. The molecule has 10 nitrogen and oxygen atoms in total. The Bertz CT molecular complexity index is 1550. The van der Waals surface area contributed by atoms with Gasteiger partial charge in [-0.05, 0) is 100 Å². The third-order valence-electron chi connectivity index (χ3n) is 7.71. The lowest BCUT2D eigenvalue weighted by Gasteiger charge is -2.47. The van der Waals surface area contributed by atoms with Gasteiger partial charge in [0.2, 0.25) is 0 Å². The molecule has 0 radical (unpaired) electrons. The average Bonchev–Trinajstić information content (AvgIpc) is 3.00. The van der Waals surface area contributed by atoms with Gasteiger partial charge >= 0.3 is 5.97 Å². The molecule has 0 aliphatic carbocycles. The van der Waals surface area contributed by atoms with Gasteiger partial charge in [-0.3, -0.25) is 14.2 Å². The fraction of sp³-hybridized carbons (Fsp3) is 0.441. The van der Waals surface area contributed by atoms with Gasteiger partial charge in [0.1, 0.15) is 5.60 Å². The molecule has 45 heavy (non-hydrogen) atoms. The van der Waals surface area contributed by atoms with E-state index in [2.05, 4.69) is 30.1 Å². The predicted molar refractivity (Wildman–Crippen MR) is 172 cm³/mol. The summed E-state index contributed by atoms with van der Waals surface area (Å²) >= 11 is 0. The summed E-state index contributed by atoms with van der Waals surface area (Å²) in [7, 11) is 4.68. The molecule has 0 aromatic heterocycles. The number of ether oxygens (including phenoxy) is 5. The minimum absolute atomic E-state index is 0.0741. The van der Waals surface area contributed by atoms with Crippen LogP contribution >= 0.6 is 0 Å². The average molecular weight is 644 g/mol. The summed E-state index contributed by atoms with van der Waals surface area (Å²) in [6.07, 6.45) is 2.44. The van der Waals surface area contributed by atoms with Crippen molar-refractivity contribution in [1.29, 1.82) is 0 Å². The Balaban J connectivity index is 0.000000468. The van der Waals surface area contributed by atoms with Gasteiger partial charge in [0.25, 0.3) is 10.1 Å². The van der Waals surface area contributed by atoms with Crippen LogP contribution in [0.4, 0.5) is 0 Å². The molecular weight excluding hydrogens is 598 g/mol. The van der Waals surface area contributed by atoms with Crippen molar-refractivity contribution in [2.45, 2.75) is 62.5 Å². The first-order valence-corrected chi connectivity index (χ1v) is 16.0. The number of rotatable bonds is 10. The Labute approximate surface area is 267 Å². The molecule has 0 saturated heterocycles. The fourth-order valence-electron chi connectivity index (χ4n) is 5.54. The number of benzene rings is 3. The highest BCUT2D eigenvalue weighted by Crippen LogP contribution is 2.46. The molecule has 1 unspecified atom stereocenters. The third-order valence-corrected chi connectivity index (χ3v) is 8.57. The maximum absolute atomic E-state index is 12.8. The van der Waals surface area contributed by atoms with Crippen LogP contribution in [0.1, 0.15) is 50.3 Å². The van der Waals surface area contributed by atoms with Crippen molar-refractivity contribution >= 4 is 16.1 Å². The molecule has 0 bridgehead atoms. The summed E-state index contributed by atoms with van der Waals surface area (Å²) in [5.74, 6) is 2.55. The zero-order valence-electron chi connectivity index (χ0n) is 27.4. The molecule has 1 N–H and O–H groups in total. The smallest absolute Gasteiger partial charge is 0.306 e. The van der Waals surface area contributed by atoms with Gasteiger partial charge in [0.05, 0.1) is 38.9 Å². The van der Waals surface area contributed by atoms with Gasteiger partial charge in [-0.1, -0.05) is 24.3 Å². The van der Waals surface area contributed by atoms with Crippen molar-refractivity contribution in [3.63, 3.8) is 0 Å². The highest BCUT2D eigenvalue weighted by molar-refractivity contribution is 7.85. The first-order valence-electron chi connectivity index (χ1n) is 14.6. The fourth-order valence-corrected chi connectivity index (χ4v) is 6.04. The van der Waals surface area contributed by atoms with Crippen LogP contribution in [0.2, 0.25) is 0 Å². The molecule has 0 amide bonds. The molecule has 1 aliphatic rings. The number of fused-ring (bicyclic) bond motifs is 1. The largest absolute Gasteiger partial charge is 0.493 e. The van der Waals surface area contributed by atoms with Crippen LogP contribution in [0, 0.1) is 0 Å². The summed E-state index contributed by atoms with van der Waals surface area (Å²) in [5.41, 5.74) is 2.44. The molecule has 4 rings (SSSR count). The lowest BCUT2D eigenvalue weighted by atomic mass is 9.73. The first-order chi connectivity index (χ1) is 21.2. The summed E-state index contributed by atoms with van der Waals surface area (Å²) in [6.45, 7) is 6.53. The van der Waals surface area contributed by atoms with E-state index in [0.29, 0.717) is 42.3 Å². The van der Waals surface area contributed by atoms with Crippen LogP contribution in [-0.2, 0) is 38.0 Å². The van der Waals surface area contributed by atoms with E-state index < -0.39 is 21.3 Å². The Morgan fingerprint density at radius 2 is 1.44 bits per heavy atom. The second-order valence-electron chi connectivity index (χ2n) is 11.8. The van der Waals surface area contributed by atoms with Crippen molar-refractivity contribution in [1.82, 2.24) is 4.90 Å². The number of methoxy groups -OCH3 is 4. The Hall–Kier alpha value is -3.80. The normalized spacial score (nSPS) is 16.5. The van der Waals surface area contributed by atoms with Crippen molar-refractivity contribution < 1.29 is 41.4 Å². The van der Waals surface area contributed by atoms with Crippen LogP contribution in [0.15, 0.2) is 65.6 Å². The highest BCUT2D eigenvalue weighted by Gasteiger charge is 2.42. The number of likely N-dealkylation sites (N-methyl/N-ethyl adjacent to an activating group) is 1. The Kier molecular flexibility index (Phi) is 11.9. The minimum atomic E-state index is -4.00. The number of hydrogen-bond donors (Lipinski definition) is 1. The lowest BCUT2D eigenvalue weighted by Crippen LogP contribution is -2.50. The summed E-state index contributed by atoms with van der Waals surface area (Å²) in [6, 6.07) is 17.5. The summed E-state index contributed by atoms with van der Waals surface area (Å²) < 4.78 is 57.1. The number of carbonyl (C=O) groups excluding carboxylic acids is 1. The van der Waals surface area contributed by atoms with E-state index in [0.717, 1.165) is 24.1 Å². The third kappa shape index (κ3) is 9.12. The van der Waals surface area contributed by atoms with Crippen LogP contribution in [0.5, 0.6) is 23.0 Å². The zero-order chi connectivity index (χ0) is 33.4. The van der Waals surface area contributed by atoms with E-state index in [9.17, 15) is 13.2 Å². The molecule has 3 aromatic rings. The van der Waals surface area contributed by atoms with E-state index in [-0.39, 0.29) is 10.9 Å². The number of carbonyl (C=O) groups is 1. The number of hydrogen-bond acceptors (Lipinski definition) is 9. The van der Waals surface area contributed by atoms with E-state index in [1.807, 2.05) is 32.9 Å². The van der Waals surface area contributed by atoms with Crippen LogP contribution < -0.4 is 18.9 Å². The maximum atomic E-state index is 12.8. The SMILES string of the molecule is COc1ccc(CC2(CCC(=O)OC(C)(C)C)c3cc(OC)c(OC)cc3CCN2C)cc1OC.O=S(=O)(O)c1ccccc1. The van der Waals surface area contributed by atoms with Gasteiger partial charge in [-0.2, -0.15) is 8.42 Å². The topological polar surface area (TPSA) is 121 Å². The second-order valence-corrected chi connectivity index (χ2v) is 13.2. The lowest BCUT2D eigenvalue weighted by molar-refractivity contribution is -0.155. The van der Waals surface area contributed by atoms with Gasteiger partial charge in [0.15, 0.2) is 23.0 Å². The quantitative estimate of drug-likeness (QED) is 0.218.